The van der Waals surface area contributed by atoms with Gasteiger partial charge < -0.3 is 11.0 Å². The average molecular weight is 196 g/mol. The van der Waals surface area contributed by atoms with Crippen molar-refractivity contribution in [3.63, 3.8) is 0 Å². The predicted molar refractivity (Wildman–Crippen MR) is 54.4 cm³/mol. The van der Waals surface area contributed by atoms with Crippen LogP contribution in [0.2, 0.25) is 0 Å². The van der Waals surface area contributed by atoms with E-state index in [1.54, 1.807) is 0 Å². The maximum atomic E-state index is 2.72. The summed E-state index contributed by atoms with van der Waals surface area (Å²) in [6, 6.07) is 10.6. The Morgan fingerprint density at radius 2 is 1.75 bits per heavy atom. The smallest absolute Gasteiger partial charge is 0.194 e. The molecule has 0 amide bonds. The van der Waals surface area contributed by atoms with Gasteiger partial charge in [0, 0.05) is 4.70 Å². The van der Waals surface area contributed by atoms with Gasteiger partial charge in [-0.25, -0.2) is 0 Å². The van der Waals surface area contributed by atoms with Crippen molar-refractivity contribution in [3.8, 4) is 0 Å². The van der Waals surface area contributed by atoms with Crippen molar-refractivity contribution in [1.29, 1.82) is 0 Å². The molecule has 62 valence electrons. The van der Waals surface area contributed by atoms with Gasteiger partial charge in [0.1, 0.15) is 0 Å². The molecule has 0 spiro atoms. The fourth-order valence-corrected chi connectivity index (χ4v) is 2.39. The van der Waals surface area contributed by atoms with Gasteiger partial charge >= 0.3 is 0 Å². The van der Waals surface area contributed by atoms with Crippen LogP contribution in [-0.4, -0.2) is 27.2 Å². The molecule has 0 aliphatic heterocycles. The average Bonchev–Trinajstić information content (AvgIpc) is 2.27. The largest absolute Gasteiger partial charge is 0.412 e. The topological polar surface area (TPSA) is 63.0 Å². The Morgan fingerprint density at radius 1 is 1.08 bits per heavy atom. The van der Waals surface area contributed by atoms with Crippen molar-refractivity contribution in [1.82, 2.24) is 0 Å². The van der Waals surface area contributed by atoms with Crippen molar-refractivity contribution in [2.24, 2.45) is 0 Å². The second-order valence-corrected chi connectivity index (χ2v) is 4.34. The maximum Gasteiger partial charge on any atom is 0.194 e. The van der Waals surface area contributed by atoms with Crippen LogP contribution < -0.4 is 3.74 Å². The van der Waals surface area contributed by atoms with Crippen molar-refractivity contribution >= 4 is 41.5 Å². The molecule has 2 aromatic rings. The lowest BCUT2D eigenvalue weighted by Gasteiger charge is -1.82. The van der Waals surface area contributed by atoms with Crippen LogP contribution in [0.4, 0.5) is 0 Å². The first-order valence-electron chi connectivity index (χ1n) is 3.10. The Labute approximate surface area is 82.9 Å². The number of fused-ring (bicyclic) bond motifs is 1. The number of hydrogen-bond donors (Lipinski definition) is 0. The normalized spacial score (nSPS) is 8.67. The molecule has 12 heavy (non-hydrogen) atoms. The molecular weight excluding hydrogens is 187 g/mol. The van der Waals surface area contributed by atoms with E-state index in [4.69, 9.17) is 0 Å². The SMILES string of the molecule is O.O.[Al][c]1cc2ccccc2s1. The molecule has 0 atom stereocenters. The third-order valence-corrected chi connectivity index (χ3v) is 2.91. The second-order valence-electron chi connectivity index (χ2n) is 2.19. The number of hydrogen-bond acceptors (Lipinski definition) is 1. The zero-order chi connectivity index (χ0) is 6.97. The minimum atomic E-state index is 0. The zero-order valence-electron chi connectivity index (χ0n) is 6.37. The first-order valence-corrected chi connectivity index (χ1v) is 4.50. The van der Waals surface area contributed by atoms with Gasteiger partial charge in [0.05, 0.1) is 0 Å². The summed E-state index contributed by atoms with van der Waals surface area (Å²) >= 11 is 4.54. The minimum Gasteiger partial charge on any atom is -0.412 e. The summed E-state index contributed by atoms with van der Waals surface area (Å²) in [6.07, 6.45) is 0. The molecule has 0 aliphatic carbocycles. The molecule has 0 unspecified atom stereocenters. The van der Waals surface area contributed by atoms with E-state index in [1.165, 1.54) is 13.8 Å². The van der Waals surface area contributed by atoms with Crippen LogP contribution in [0.3, 0.4) is 0 Å². The van der Waals surface area contributed by atoms with Crippen LogP contribution in [0.1, 0.15) is 0 Å². The number of thiophene rings is 1. The highest BCUT2D eigenvalue weighted by Gasteiger charge is 1.92. The van der Waals surface area contributed by atoms with Crippen LogP contribution >= 0.6 is 11.3 Å². The Morgan fingerprint density at radius 3 is 2.42 bits per heavy atom. The molecule has 1 aromatic carbocycles. The molecule has 2 radical (unpaired) electrons. The van der Waals surface area contributed by atoms with Gasteiger partial charge in [0.25, 0.3) is 0 Å². The van der Waals surface area contributed by atoms with E-state index in [0.29, 0.717) is 0 Å². The van der Waals surface area contributed by atoms with Crippen LogP contribution in [0.25, 0.3) is 10.1 Å². The van der Waals surface area contributed by atoms with Gasteiger partial charge in [-0.1, -0.05) is 28.0 Å². The molecule has 0 saturated heterocycles. The number of rotatable bonds is 0. The molecule has 2 rings (SSSR count). The Balaban J connectivity index is 0.000000605. The van der Waals surface area contributed by atoms with E-state index in [9.17, 15) is 0 Å². The standard InChI is InChI=1S/C8H5S.Al.2H2O/c1-2-4-8-7(3-1)5-6-9-8;;;/h1-5H;;2*1H2. The Hall–Kier alpha value is -0.368. The highest BCUT2D eigenvalue weighted by molar-refractivity contribution is 7.26. The quantitative estimate of drug-likeness (QED) is 0.534. The summed E-state index contributed by atoms with van der Waals surface area (Å²) in [5.74, 6) is 0. The summed E-state index contributed by atoms with van der Waals surface area (Å²) in [7, 11) is 0. The monoisotopic (exact) mass is 196 g/mol. The van der Waals surface area contributed by atoms with Gasteiger partial charge in [-0.3, -0.25) is 0 Å². The van der Waals surface area contributed by atoms with Gasteiger partial charge in [0.2, 0.25) is 0 Å². The van der Waals surface area contributed by atoms with Crippen LogP contribution in [-0.2, 0) is 0 Å². The van der Waals surface area contributed by atoms with Gasteiger partial charge in [0.15, 0.2) is 16.3 Å². The summed E-state index contributed by atoms with van der Waals surface area (Å²) in [4.78, 5) is 0. The van der Waals surface area contributed by atoms with Crippen molar-refractivity contribution in [2.45, 2.75) is 0 Å². The van der Waals surface area contributed by atoms with Gasteiger partial charge in [-0.15, -0.1) is 0 Å². The van der Waals surface area contributed by atoms with Crippen molar-refractivity contribution in [3.05, 3.63) is 30.3 Å². The molecule has 1 aromatic heterocycles. The molecule has 0 aliphatic rings. The van der Waals surface area contributed by atoms with Crippen molar-refractivity contribution < 1.29 is 11.0 Å². The summed E-state index contributed by atoms with van der Waals surface area (Å²) in [5, 5.41) is 1.34. The highest BCUT2D eigenvalue weighted by Crippen LogP contribution is 2.16. The van der Waals surface area contributed by atoms with Crippen LogP contribution in [0.15, 0.2) is 30.3 Å². The zero-order valence-corrected chi connectivity index (χ0v) is 8.34. The van der Waals surface area contributed by atoms with E-state index in [2.05, 4.69) is 46.6 Å². The van der Waals surface area contributed by atoms with Gasteiger partial charge in [-0.2, -0.15) is 11.3 Å². The Bertz CT molecular complexity index is 326. The molecule has 1 heterocycles. The first kappa shape index (κ1) is 11.6. The third-order valence-electron chi connectivity index (χ3n) is 1.44. The molecule has 0 fully saturated rings. The van der Waals surface area contributed by atoms with E-state index in [-0.39, 0.29) is 11.0 Å². The lowest BCUT2D eigenvalue weighted by atomic mass is 10.3. The molecular formula is C8H9AlO2S. The van der Waals surface area contributed by atoms with Crippen molar-refractivity contribution in [2.75, 3.05) is 0 Å². The lowest BCUT2D eigenvalue weighted by Crippen LogP contribution is -1.88. The highest BCUT2D eigenvalue weighted by atomic mass is 32.1. The van der Waals surface area contributed by atoms with E-state index >= 15 is 0 Å². The van der Waals surface area contributed by atoms with E-state index < -0.39 is 0 Å². The summed E-state index contributed by atoms with van der Waals surface area (Å²) in [5.41, 5.74) is 0. The molecule has 4 heteroatoms. The summed E-state index contributed by atoms with van der Waals surface area (Å²) < 4.78 is 2.67. The van der Waals surface area contributed by atoms with E-state index in [1.807, 2.05) is 11.3 Å². The second kappa shape index (κ2) is 4.61. The fraction of sp³-hybridized carbons (Fsp3) is 0. The summed E-state index contributed by atoms with van der Waals surface area (Å²) in [6.45, 7) is 0. The third kappa shape index (κ3) is 2.07. The Kier molecular flexibility index (Phi) is 4.47. The van der Waals surface area contributed by atoms with Crippen LogP contribution in [0.5, 0.6) is 0 Å². The van der Waals surface area contributed by atoms with E-state index in [0.717, 1.165) is 0 Å². The predicted octanol–water partition coefficient (Wildman–Crippen LogP) is 0.0457. The molecule has 0 saturated carbocycles. The minimum absolute atomic E-state index is 0. The first-order chi connectivity index (χ1) is 4.86. The molecule has 0 bridgehead atoms. The molecule has 2 nitrogen and oxygen atoms in total. The maximum absolute atomic E-state index is 2.72. The molecule has 4 N–H and O–H groups in total. The fourth-order valence-electron chi connectivity index (χ4n) is 1.00. The number of benzene rings is 1. The van der Waals surface area contributed by atoms with Gasteiger partial charge in [-0.05, 0) is 11.5 Å². The van der Waals surface area contributed by atoms with Crippen LogP contribution in [0, 0.1) is 0 Å². The lowest BCUT2D eigenvalue weighted by molar-refractivity contribution is 0.823.